The van der Waals surface area contributed by atoms with Crippen LogP contribution in [0.15, 0.2) is 0 Å². The molecule has 0 radical (unpaired) electrons. The normalized spacial score (nSPS) is 21.9. The third-order valence-electron chi connectivity index (χ3n) is 0.772. The van der Waals surface area contributed by atoms with Crippen LogP contribution in [-0.2, 0) is 0 Å². The first-order valence-corrected chi connectivity index (χ1v) is 2.91. The summed E-state index contributed by atoms with van der Waals surface area (Å²) in [5.74, 6) is 0. The highest BCUT2D eigenvalue weighted by Crippen LogP contribution is 1.97. The predicted molar refractivity (Wildman–Crippen MR) is 36.0 cm³/mol. The van der Waals surface area contributed by atoms with Crippen molar-refractivity contribution in [2.75, 3.05) is 13.1 Å². The molecule has 1 aliphatic heterocycles. The Hall–Kier alpha value is 0.690. The maximum absolute atomic E-state index is 3.41. The lowest BCUT2D eigenvalue weighted by Crippen LogP contribution is -2.21. The van der Waals surface area contributed by atoms with Gasteiger partial charge in [-0.25, -0.2) is 0 Å². The van der Waals surface area contributed by atoms with Gasteiger partial charge in [-0.05, 0) is 0 Å². The van der Waals surface area contributed by atoms with Crippen LogP contribution in [0.2, 0.25) is 0 Å². The molecule has 1 aliphatic rings. The number of alkyl halides is 1. The van der Waals surface area contributed by atoms with Gasteiger partial charge >= 0.3 is 0 Å². The molecule has 44 valence electrons. The van der Waals surface area contributed by atoms with E-state index >= 15 is 0 Å². The summed E-state index contributed by atoms with van der Waals surface area (Å²) in [5.41, 5.74) is 5.95. The minimum atomic E-state index is 0. The highest BCUT2D eigenvalue weighted by Gasteiger charge is 2.07. The molecule has 0 aliphatic carbocycles. The Labute approximate surface area is 57.6 Å². The van der Waals surface area contributed by atoms with Gasteiger partial charge < -0.3 is 0 Å². The van der Waals surface area contributed by atoms with Gasteiger partial charge in [0.25, 0.3) is 0 Å². The van der Waals surface area contributed by atoms with Crippen molar-refractivity contribution in [1.29, 1.82) is 0 Å². The van der Waals surface area contributed by atoms with Crippen LogP contribution in [0.5, 0.6) is 0 Å². The molecule has 0 saturated carbocycles. The predicted octanol–water partition coefficient (Wildman–Crippen LogP) is 0.280. The molecule has 7 heavy (non-hydrogen) atoms. The van der Waals surface area contributed by atoms with Crippen molar-refractivity contribution in [3.63, 3.8) is 0 Å². The molecule has 0 amide bonds. The van der Waals surface area contributed by atoms with E-state index in [0.717, 1.165) is 13.1 Å². The maximum Gasteiger partial charge on any atom is 0.0423 e. The van der Waals surface area contributed by atoms with Crippen molar-refractivity contribution >= 4 is 28.3 Å². The van der Waals surface area contributed by atoms with Gasteiger partial charge in [0.1, 0.15) is 0 Å². The fourth-order valence-electron chi connectivity index (χ4n) is 0.438. The molecule has 0 unspecified atom stereocenters. The van der Waals surface area contributed by atoms with Crippen LogP contribution in [0.3, 0.4) is 0 Å². The molecular weight excluding hydrogens is 179 g/mol. The average molecular weight is 187 g/mol. The number of hydrazine groups is 1. The van der Waals surface area contributed by atoms with Gasteiger partial charge in [0.05, 0.1) is 0 Å². The third-order valence-corrected chi connectivity index (χ3v) is 1.42. The van der Waals surface area contributed by atoms with Gasteiger partial charge in [0, 0.05) is 17.9 Å². The zero-order chi connectivity index (χ0) is 4.41. The maximum atomic E-state index is 3.41. The van der Waals surface area contributed by atoms with Crippen molar-refractivity contribution in [3.05, 3.63) is 0 Å². The van der Waals surface area contributed by atoms with Crippen molar-refractivity contribution in [2.45, 2.75) is 4.83 Å². The fourth-order valence-corrected chi connectivity index (χ4v) is 0.762. The van der Waals surface area contributed by atoms with Gasteiger partial charge in [-0.1, -0.05) is 15.9 Å². The lowest BCUT2D eigenvalue weighted by atomic mass is 10.5. The topological polar surface area (TPSA) is 24.1 Å². The first-order chi connectivity index (χ1) is 2.89. The second-order valence-corrected chi connectivity index (χ2v) is 2.65. The summed E-state index contributed by atoms with van der Waals surface area (Å²) in [6.07, 6.45) is 0. The van der Waals surface area contributed by atoms with Crippen LogP contribution >= 0.6 is 28.3 Å². The number of halogens is 2. The molecule has 0 atom stereocenters. The molecule has 0 aromatic carbocycles. The summed E-state index contributed by atoms with van der Waals surface area (Å²) in [4.78, 5) is 0.637. The number of rotatable bonds is 0. The minimum Gasteiger partial charge on any atom is -0.257 e. The van der Waals surface area contributed by atoms with E-state index in [1.54, 1.807) is 0 Å². The third kappa shape index (κ3) is 2.49. The van der Waals surface area contributed by atoms with Gasteiger partial charge in [-0.15, -0.1) is 12.4 Å². The van der Waals surface area contributed by atoms with Crippen molar-refractivity contribution < 1.29 is 0 Å². The highest BCUT2D eigenvalue weighted by molar-refractivity contribution is 9.09. The number of hydrogen-bond acceptors (Lipinski definition) is 2. The number of hydrogen-bond donors (Lipinski definition) is 2. The van der Waals surface area contributed by atoms with E-state index in [-0.39, 0.29) is 12.4 Å². The molecular formula is C3H8BrClN2. The van der Waals surface area contributed by atoms with Gasteiger partial charge in [-0.3, -0.25) is 10.9 Å². The standard InChI is InChI=1S/C3H7BrN2.ClH/c4-3-1-5-6-2-3;/h3,5-6H,1-2H2;1H. The Morgan fingerprint density at radius 3 is 1.86 bits per heavy atom. The van der Waals surface area contributed by atoms with E-state index in [9.17, 15) is 0 Å². The summed E-state index contributed by atoms with van der Waals surface area (Å²) in [5, 5.41) is 0. The summed E-state index contributed by atoms with van der Waals surface area (Å²) in [6.45, 7) is 2.08. The van der Waals surface area contributed by atoms with E-state index in [1.807, 2.05) is 0 Å². The Balaban J connectivity index is 0.000000360. The molecule has 1 rings (SSSR count). The Morgan fingerprint density at radius 2 is 1.71 bits per heavy atom. The summed E-state index contributed by atoms with van der Waals surface area (Å²) in [7, 11) is 0. The van der Waals surface area contributed by atoms with Crippen molar-refractivity contribution in [1.82, 2.24) is 10.9 Å². The molecule has 0 spiro atoms. The first-order valence-electron chi connectivity index (χ1n) is 1.99. The van der Waals surface area contributed by atoms with Crippen LogP contribution in [0.4, 0.5) is 0 Å². The van der Waals surface area contributed by atoms with Crippen LogP contribution < -0.4 is 10.9 Å². The van der Waals surface area contributed by atoms with E-state index in [2.05, 4.69) is 26.8 Å². The largest absolute Gasteiger partial charge is 0.257 e. The van der Waals surface area contributed by atoms with Crippen LogP contribution in [0, 0.1) is 0 Å². The van der Waals surface area contributed by atoms with Gasteiger partial charge in [-0.2, -0.15) is 0 Å². The first kappa shape index (κ1) is 7.69. The summed E-state index contributed by atoms with van der Waals surface area (Å²) in [6, 6.07) is 0. The quantitative estimate of drug-likeness (QED) is 0.533. The highest BCUT2D eigenvalue weighted by atomic mass is 79.9. The second kappa shape index (κ2) is 3.66. The second-order valence-electron chi connectivity index (χ2n) is 1.36. The molecule has 1 saturated heterocycles. The molecule has 2 nitrogen and oxygen atoms in total. The molecule has 4 heteroatoms. The van der Waals surface area contributed by atoms with Crippen molar-refractivity contribution in [2.24, 2.45) is 0 Å². The Kier molecular flexibility index (Phi) is 4.02. The van der Waals surface area contributed by atoms with Crippen LogP contribution in [-0.4, -0.2) is 17.9 Å². The molecule has 1 fully saturated rings. The minimum absolute atomic E-state index is 0. The SMILES string of the molecule is BrC1CNNC1.Cl. The Bertz CT molecular complexity index is 46.2. The number of nitrogens with one attached hydrogen (secondary N) is 2. The van der Waals surface area contributed by atoms with E-state index in [0.29, 0.717) is 4.83 Å². The summed E-state index contributed by atoms with van der Waals surface area (Å²) >= 11 is 3.41. The lowest BCUT2D eigenvalue weighted by molar-refractivity contribution is 0.689. The fraction of sp³-hybridized carbons (Fsp3) is 1.00. The zero-order valence-electron chi connectivity index (χ0n) is 3.78. The Morgan fingerprint density at radius 1 is 1.29 bits per heavy atom. The molecule has 1 heterocycles. The summed E-state index contributed by atoms with van der Waals surface area (Å²) < 4.78 is 0. The molecule has 0 aromatic heterocycles. The zero-order valence-corrected chi connectivity index (χ0v) is 6.18. The van der Waals surface area contributed by atoms with E-state index < -0.39 is 0 Å². The monoisotopic (exact) mass is 186 g/mol. The lowest BCUT2D eigenvalue weighted by Gasteiger charge is -1.86. The van der Waals surface area contributed by atoms with E-state index in [1.165, 1.54) is 0 Å². The molecule has 0 bridgehead atoms. The van der Waals surface area contributed by atoms with Gasteiger partial charge in [0.15, 0.2) is 0 Å². The molecule has 0 aromatic rings. The molecule has 2 N–H and O–H groups in total. The van der Waals surface area contributed by atoms with Crippen molar-refractivity contribution in [3.8, 4) is 0 Å². The smallest absolute Gasteiger partial charge is 0.0423 e. The van der Waals surface area contributed by atoms with Crippen LogP contribution in [0.1, 0.15) is 0 Å². The van der Waals surface area contributed by atoms with E-state index in [4.69, 9.17) is 0 Å². The average Bonchev–Trinajstić information content (AvgIpc) is 1.86. The van der Waals surface area contributed by atoms with Gasteiger partial charge in [0.2, 0.25) is 0 Å². The van der Waals surface area contributed by atoms with Crippen LogP contribution in [0.25, 0.3) is 0 Å².